The zero-order valence-corrected chi connectivity index (χ0v) is 13.0. The van der Waals surface area contributed by atoms with Gasteiger partial charge in [-0.15, -0.1) is 0 Å². The summed E-state index contributed by atoms with van der Waals surface area (Å²) in [6.45, 7) is 0. The first kappa shape index (κ1) is 14.3. The van der Waals surface area contributed by atoms with Gasteiger partial charge in [0.25, 0.3) is 0 Å². The van der Waals surface area contributed by atoms with Gasteiger partial charge in [0.1, 0.15) is 0 Å². The van der Waals surface area contributed by atoms with Crippen molar-refractivity contribution in [3.8, 4) is 0 Å². The van der Waals surface area contributed by atoms with Gasteiger partial charge in [-0.2, -0.15) is 0 Å². The van der Waals surface area contributed by atoms with Crippen molar-refractivity contribution >= 4 is 11.4 Å². The molecule has 1 aliphatic carbocycles. The van der Waals surface area contributed by atoms with Crippen LogP contribution in [-0.2, 0) is 0 Å². The van der Waals surface area contributed by atoms with Gasteiger partial charge < -0.3 is 4.90 Å². The zero-order valence-electron chi connectivity index (χ0n) is 13.0. The summed E-state index contributed by atoms with van der Waals surface area (Å²) in [4.78, 5) is 2.08. The van der Waals surface area contributed by atoms with E-state index in [1.807, 2.05) is 44.4 Å². The minimum atomic E-state index is 0.260. The molecule has 2 aromatic carbocycles. The fourth-order valence-corrected chi connectivity index (χ4v) is 2.73. The lowest BCUT2D eigenvalue weighted by atomic mass is 9.90. The largest absolute Gasteiger partial charge is 0.378 e. The van der Waals surface area contributed by atoms with Crippen molar-refractivity contribution in [1.82, 2.24) is 0 Å². The number of rotatable bonds is 4. The number of anilines is 1. The normalized spacial score (nSPS) is 13.5. The minimum absolute atomic E-state index is 0.260. The Morgan fingerprint density at radius 3 is 2.27 bits per heavy atom. The molecule has 0 atom stereocenters. The van der Waals surface area contributed by atoms with Gasteiger partial charge in [-0.25, -0.2) is 0 Å². The van der Waals surface area contributed by atoms with Gasteiger partial charge >= 0.3 is 0 Å². The Morgan fingerprint density at radius 1 is 0.955 bits per heavy atom. The van der Waals surface area contributed by atoms with E-state index in [0.29, 0.717) is 5.71 Å². The van der Waals surface area contributed by atoms with Gasteiger partial charge in [0.15, 0.2) is 0 Å². The van der Waals surface area contributed by atoms with Crippen LogP contribution in [0.15, 0.2) is 72.8 Å². The van der Waals surface area contributed by atoms with Crippen LogP contribution in [0.5, 0.6) is 0 Å². The third-order valence-corrected chi connectivity index (χ3v) is 3.99. The molecule has 1 aliphatic rings. The van der Waals surface area contributed by atoms with E-state index in [9.17, 15) is 0 Å². The van der Waals surface area contributed by atoms with Gasteiger partial charge in [0.2, 0.25) is 0 Å². The third-order valence-electron chi connectivity index (χ3n) is 3.99. The predicted octanol–water partition coefficient (Wildman–Crippen LogP) is 4.38. The summed E-state index contributed by atoms with van der Waals surface area (Å²) >= 11 is 0. The molecular weight excluding hydrogens is 268 g/mol. The maximum absolute atomic E-state index is 8.65. The number of benzene rings is 2. The van der Waals surface area contributed by atoms with Crippen molar-refractivity contribution in [1.29, 1.82) is 5.41 Å². The number of nitrogens with zero attached hydrogens (tertiary/aromatic N) is 1. The van der Waals surface area contributed by atoms with Crippen molar-refractivity contribution in [2.75, 3.05) is 19.0 Å². The minimum Gasteiger partial charge on any atom is -0.378 e. The highest BCUT2D eigenvalue weighted by atomic mass is 15.1. The SMILES string of the molecule is CN(C)c1ccc(C2C=CC=C2)c(C(=N)c2ccccc2)c1. The average molecular weight is 288 g/mol. The van der Waals surface area contributed by atoms with E-state index in [0.717, 1.165) is 16.8 Å². The highest BCUT2D eigenvalue weighted by molar-refractivity contribution is 6.12. The maximum Gasteiger partial charge on any atom is 0.0688 e. The first-order valence-electron chi connectivity index (χ1n) is 7.47. The van der Waals surface area contributed by atoms with Gasteiger partial charge in [-0.1, -0.05) is 60.7 Å². The van der Waals surface area contributed by atoms with Gasteiger partial charge in [0, 0.05) is 36.8 Å². The number of hydrogen-bond donors (Lipinski definition) is 1. The molecule has 2 nitrogen and oxygen atoms in total. The first-order valence-corrected chi connectivity index (χ1v) is 7.47. The summed E-state index contributed by atoms with van der Waals surface area (Å²) in [5.74, 6) is 0.260. The third kappa shape index (κ3) is 2.73. The molecule has 2 heteroatoms. The Kier molecular flexibility index (Phi) is 3.92. The topological polar surface area (TPSA) is 27.1 Å². The smallest absolute Gasteiger partial charge is 0.0688 e. The van der Waals surface area contributed by atoms with Crippen LogP contribution in [0.2, 0.25) is 0 Å². The molecule has 0 fully saturated rings. The van der Waals surface area contributed by atoms with E-state index >= 15 is 0 Å². The summed E-state index contributed by atoms with van der Waals surface area (Å²) in [6, 6.07) is 16.3. The predicted molar refractivity (Wildman–Crippen MR) is 94.2 cm³/mol. The lowest BCUT2D eigenvalue weighted by Gasteiger charge is -2.19. The van der Waals surface area contributed by atoms with Crippen LogP contribution in [0.25, 0.3) is 0 Å². The fourth-order valence-electron chi connectivity index (χ4n) is 2.73. The van der Waals surface area contributed by atoms with Crippen LogP contribution >= 0.6 is 0 Å². The molecule has 0 radical (unpaired) electrons. The Morgan fingerprint density at radius 2 is 1.64 bits per heavy atom. The molecular formula is C20H20N2. The highest BCUT2D eigenvalue weighted by Gasteiger charge is 2.17. The second-order valence-corrected chi connectivity index (χ2v) is 5.70. The molecule has 0 saturated carbocycles. The van der Waals surface area contributed by atoms with E-state index < -0.39 is 0 Å². The van der Waals surface area contributed by atoms with Crippen molar-refractivity contribution in [2.24, 2.45) is 0 Å². The Hall–Kier alpha value is -2.61. The van der Waals surface area contributed by atoms with Crippen molar-refractivity contribution in [3.05, 3.63) is 89.5 Å². The van der Waals surface area contributed by atoms with E-state index in [1.54, 1.807) is 0 Å². The molecule has 3 rings (SSSR count). The summed E-state index contributed by atoms with van der Waals surface area (Å²) < 4.78 is 0. The Labute approximate surface area is 131 Å². The lowest BCUT2D eigenvalue weighted by molar-refractivity contribution is 1.08. The summed E-state index contributed by atoms with van der Waals surface area (Å²) in [5.41, 5.74) is 4.83. The molecule has 0 amide bonds. The van der Waals surface area contributed by atoms with Crippen LogP contribution in [0.3, 0.4) is 0 Å². The van der Waals surface area contributed by atoms with Crippen LogP contribution in [0, 0.1) is 5.41 Å². The second-order valence-electron chi connectivity index (χ2n) is 5.70. The standard InChI is InChI=1S/C20H20N2/c1-22(2)17-12-13-18(15-8-6-7-9-15)19(14-17)20(21)16-10-4-3-5-11-16/h3-15,21H,1-2H3. The molecule has 0 heterocycles. The van der Waals surface area contributed by atoms with Crippen LogP contribution in [-0.4, -0.2) is 19.8 Å². The lowest BCUT2D eigenvalue weighted by Crippen LogP contribution is -2.12. The Bertz CT molecular complexity index is 728. The quantitative estimate of drug-likeness (QED) is 0.831. The van der Waals surface area contributed by atoms with Crippen LogP contribution in [0.4, 0.5) is 5.69 Å². The summed E-state index contributed by atoms with van der Waals surface area (Å²) in [7, 11) is 4.06. The molecule has 0 spiro atoms. The Balaban J connectivity index is 2.10. The number of nitrogens with one attached hydrogen (secondary N) is 1. The maximum atomic E-state index is 8.65. The molecule has 0 aromatic heterocycles. The molecule has 2 aromatic rings. The highest BCUT2D eigenvalue weighted by Crippen LogP contribution is 2.30. The van der Waals surface area contributed by atoms with Gasteiger partial charge in [-0.05, 0) is 17.7 Å². The van der Waals surface area contributed by atoms with Gasteiger partial charge in [-0.3, -0.25) is 5.41 Å². The zero-order chi connectivity index (χ0) is 15.5. The molecule has 0 bridgehead atoms. The molecule has 0 aliphatic heterocycles. The fraction of sp³-hybridized carbons (Fsp3) is 0.150. The van der Waals surface area contributed by atoms with E-state index in [-0.39, 0.29) is 5.92 Å². The van der Waals surface area contributed by atoms with E-state index in [1.165, 1.54) is 5.56 Å². The van der Waals surface area contributed by atoms with Crippen molar-refractivity contribution in [2.45, 2.75) is 5.92 Å². The molecule has 0 unspecified atom stereocenters. The van der Waals surface area contributed by atoms with Crippen molar-refractivity contribution in [3.63, 3.8) is 0 Å². The first-order chi connectivity index (χ1) is 10.7. The van der Waals surface area contributed by atoms with Gasteiger partial charge in [0.05, 0.1) is 5.71 Å². The van der Waals surface area contributed by atoms with E-state index in [4.69, 9.17) is 5.41 Å². The van der Waals surface area contributed by atoms with Crippen LogP contribution in [0.1, 0.15) is 22.6 Å². The second kappa shape index (κ2) is 6.02. The van der Waals surface area contributed by atoms with Crippen molar-refractivity contribution < 1.29 is 0 Å². The molecule has 0 saturated heterocycles. The number of allylic oxidation sites excluding steroid dienone is 4. The number of hydrogen-bond acceptors (Lipinski definition) is 2. The average Bonchev–Trinajstić information content (AvgIpc) is 3.08. The van der Waals surface area contributed by atoms with Crippen LogP contribution < -0.4 is 4.90 Å². The van der Waals surface area contributed by atoms with E-state index in [2.05, 4.69) is 47.4 Å². The molecule has 1 N–H and O–H groups in total. The monoisotopic (exact) mass is 288 g/mol. The molecule has 110 valence electrons. The summed E-state index contributed by atoms with van der Waals surface area (Å²) in [5, 5.41) is 8.65. The molecule has 22 heavy (non-hydrogen) atoms. The summed E-state index contributed by atoms with van der Waals surface area (Å²) in [6.07, 6.45) is 8.49.